The lowest BCUT2D eigenvalue weighted by molar-refractivity contribution is 0.0203. The number of methoxy groups -OCH3 is 1. The van der Waals surface area contributed by atoms with Gasteiger partial charge < -0.3 is 10.5 Å². The average Bonchev–Trinajstić information content (AvgIpc) is 2.29. The normalized spacial score (nSPS) is 31.5. The van der Waals surface area contributed by atoms with Crippen LogP contribution in [0.2, 0.25) is 0 Å². The summed E-state index contributed by atoms with van der Waals surface area (Å²) in [6, 6.07) is 0. The smallest absolute Gasteiger partial charge is 0.0698 e. The molecule has 2 aliphatic rings. The molecule has 2 N–H and O–H groups in total. The van der Waals surface area contributed by atoms with Gasteiger partial charge in [-0.2, -0.15) is 0 Å². The van der Waals surface area contributed by atoms with E-state index in [1.54, 1.807) is 0 Å². The van der Waals surface area contributed by atoms with Crippen molar-refractivity contribution in [3.05, 3.63) is 0 Å². The first kappa shape index (κ1) is 12.3. The zero-order valence-corrected chi connectivity index (χ0v) is 10.6. The molecule has 0 bridgehead atoms. The maximum Gasteiger partial charge on any atom is 0.0698 e. The summed E-state index contributed by atoms with van der Waals surface area (Å²) in [4.78, 5) is 2.52. The Labute approximate surface area is 99.3 Å². The van der Waals surface area contributed by atoms with Crippen molar-refractivity contribution in [2.24, 2.45) is 5.73 Å². The Morgan fingerprint density at radius 2 is 2.00 bits per heavy atom. The Balaban J connectivity index is 1.83. The highest BCUT2D eigenvalue weighted by Gasteiger charge is 2.31. The number of nitrogens with zero attached hydrogens (tertiary/aromatic N) is 1. The van der Waals surface area contributed by atoms with Crippen LogP contribution in [0.4, 0.5) is 0 Å². The van der Waals surface area contributed by atoms with Crippen LogP contribution in [-0.4, -0.2) is 43.3 Å². The first-order chi connectivity index (χ1) is 7.72. The van der Waals surface area contributed by atoms with Gasteiger partial charge in [-0.15, -0.1) is 0 Å². The first-order valence-electron chi connectivity index (χ1n) is 6.76. The van der Waals surface area contributed by atoms with E-state index >= 15 is 0 Å². The molecule has 0 amide bonds. The van der Waals surface area contributed by atoms with Gasteiger partial charge in [-0.05, 0) is 32.2 Å². The summed E-state index contributed by atoms with van der Waals surface area (Å²) in [7, 11) is 1.83. The minimum Gasteiger partial charge on any atom is -0.380 e. The van der Waals surface area contributed by atoms with E-state index in [4.69, 9.17) is 10.5 Å². The summed E-state index contributed by atoms with van der Waals surface area (Å²) in [6.45, 7) is 3.36. The second-order valence-corrected chi connectivity index (χ2v) is 5.66. The van der Waals surface area contributed by atoms with Crippen molar-refractivity contribution in [3.8, 4) is 0 Å². The lowest BCUT2D eigenvalue weighted by atomic mass is 9.82. The molecule has 3 heteroatoms. The molecule has 1 saturated heterocycles. The molecular weight excluding hydrogens is 200 g/mol. The van der Waals surface area contributed by atoms with Gasteiger partial charge in [-0.25, -0.2) is 0 Å². The molecule has 94 valence electrons. The lowest BCUT2D eigenvalue weighted by Crippen LogP contribution is -2.54. The number of hydrogen-bond donors (Lipinski definition) is 1. The van der Waals surface area contributed by atoms with Crippen molar-refractivity contribution < 1.29 is 4.74 Å². The predicted octanol–water partition coefficient (Wildman–Crippen LogP) is 1.76. The number of rotatable bonds is 3. The Bertz CT molecular complexity index is 214. The summed E-state index contributed by atoms with van der Waals surface area (Å²) < 4.78 is 5.46. The molecule has 1 unspecified atom stereocenters. The van der Waals surface area contributed by atoms with E-state index in [1.165, 1.54) is 51.5 Å². The number of ether oxygens (including phenoxy) is 1. The van der Waals surface area contributed by atoms with Crippen LogP contribution in [-0.2, 0) is 4.74 Å². The number of likely N-dealkylation sites (tertiary alicyclic amines) is 1. The third-order valence-corrected chi connectivity index (χ3v) is 4.18. The number of nitrogens with two attached hydrogens (primary N) is 1. The molecule has 0 aromatic carbocycles. The van der Waals surface area contributed by atoms with Gasteiger partial charge in [0.25, 0.3) is 0 Å². The molecule has 1 aliphatic heterocycles. The zero-order chi connectivity index (χ0) is 11.4. The van der Waals surface area contributed by atoms with Crippen molar-refractivity contribution in [1.82, 2.24) is 4.90 Å². The molecule has 0 aromatic rings. The molecule has 1 atom stereocenters. The molecule has 16 heavy (non-hydrogen) atoms. The molecule has 0 spiro atoms. The van der Waals surface area contributed by atoms with Gasteiger partial charge in [-0.3, -0.25) is 4.90 Å². The van der Waals surface area contributed by atoms with Crippen molar-refractivity contribution in [2.75, 3.05) is 26.7 Å². The fraction of sp³-hybridized carbons (Fsp3) is 1.00. The summed E-state index contributed by atoms with van der Waals surface area (Å²) in [6.07, 6.45) is 9.33. The van der Waals surface area contributed by atoms with Crippen LogP contribution in [0.3, 0.4) is 0 Å². The SMILES string of the molecule is COC1CCCN(CC2(N)CCCCC2)C1. The molecule has 0 radical (unpaired) electrons. The van der Waals surface area contributed by atoms with Crippen LogP contribution >= 0.6 is 0 Å². The molecule has 1 aliphatic carbocycles. The van der Waals surface area contributed by atoms with Gasteiger partial charge in [0.15, 0.2) is 0 Å². The van der Waals surface area contributed by atoms with Crippen LogP contribution in [0.15, 0.2) is 0 Å². The standard InChI is InChI=1S/C13H26N2O/c1-16-12-6-5-9-15(10-12)11-13(14)7-3-2-4-8-13/h12H,2-11,14H2,1H3. The highest BCUT2D eigenvalue weighted by molar-refractivity contribution is 4.91. The maximum absolute atomic E-state index is 6.49. The highest BCUT2D eigenvalue weighted by atomic mass is 16.5. The summed E-state index contributed by atoms with van der Waals surface area (Å²) in [5, 5.41) is 0. The van der Waals surface area contributed by atoms with Gasteiger partial charge in [0.1, 0.15) is 0 Å². The molecule has 1 saturated carbocycles. The van der Waals surface area contributed by atoms with Crippen molar-refractivity contribution in [2.45, 2.75) is 56.6 Å². The molecule has 2 fully saturated rings. The molecular formula is C13H26N2O. The Hall–Kier alpha value is -0.120. The van der Waals surface area contributed by atoms with E-state index in [2.05, 4.69) is 4.90 Å². The summed E-state index contributed by atoms with van der Waals surface area (Å²) in [5.74, 6) is 0. The van der Waals surface area contributed by atoms with Gasteiger partial charge >= 0.3 is 0 Å². The predicted molar refractivity (Wildman–Crippen MR) is 66.5 cm³/mol. The second-order valence-electron chi connectivity index (χ2n) is 5.66. The van der Waals surface area contributed by atoms with Crippen LogP contribution in [0, 0.1) is 0 Å². The topological polar surface area (TPSA) is 38.5 Å². The van der Waals surface area contributed by atoms with Crippen molar-refractivity contribution in [1.29, 1.82) is 0 Å². The van der Waals surface area contributed by atoms with Crippen LogP contribution in [0.25, 0.3) is 0 Å². The zero-order valence-electron chi connectivity index (χ0n) is 10.6. The Kier molecular flexibility index (Phi) is 4.22. The maximum atomic E-state index is 6.49. The molecule has 2 rings (SSSR count). The monoisotopic (exact) mass is 226 g/mol. The van der Waals surface area contributed by atoms with Gasteiger partial charge in [0.2, 0.25) is 0 Å². The first-order valence-corrected chi connectivity index (χ1v) is 6.76. The quantitative estimate of drug-likeness (QED) is 0.797. The Morgan fingerprint density at radius 1 is 1.25 bits per heavy atom. The molecule has 1 heterocycles. The van der Waals surface area contributed by atoms with Gasteiger partial charge in [0, 0.05) is 25.7 Å². The number of piperidine rings is 1. The third-order valence-electron chi connectivity index (χ3n) is 4.18. The third kappa shape index (κ3) is 3.19. The highest BCUT2D eigenvalue weighted by Crippen LogP contribution is 2.27. The minimum absolute atomic E-state index is 0.0912. The van der Waals surface area contributed by atoms with Gasteiger partial charge in [0.05, 0.1) is 6.10 Å². The van der Waals surface area contributed by atoms with E-state index in [-0.39, 0.29) is 5.54 Å². The fourth-order valence-electron chi connectivity index (χ4n) is 3.21. The minimum atomic E-state index is 0.0912. The van der Waals surface area contributed by atoms with E-state index in [1.807, 2.05) is 7.11 Å². The molecule has 3 nitrogen and oxygen atoms in total. The lowest BCUT2D eigenvalue weighted by Gasteiger charge is -2.41. The van der Waals surface area contributed by atoms with E-state index < -0.39 is 0 Å². The number of hydrogen-bond acceptors (Lipinski definition) is 3. The van der Waals surface area contributed by atoms with Crippen LogP contribution in [0.1, 0.15) is 44.9 Å². The summed E-state index contributed by atoms with van der Waals surface area (Å²) in [5.41, 5.74) is 6.59. The Morgan fingerprint density at radius 3 is 2.69 bits per heavy atom. The molecule has 0 aromatic heterocycles. The summed E-state index contributed by atoms with van der Waals surface area (Å²) >= 11 is 0. The largest absolute Gasteiger partial charge is 0.380 e. The average molecular weight is 226 g/mol. The van der Waals surface area contributed by atoms with E-state index in [0.717, 1.165) is 13.1 Å². The van der Waals surface area contributed by atoms with Crippen molar-refractivity contribution >= 4 is 0 Å². The van der Waals surface area contributed by atoms with Crippen LogP contribution < -0.4 is 5.73 Å². The van der Waals surface area contributed by atoms with E-state index in [0.29, 0.717) is 6.10 Å². The van der Waals surface area contributed by atoms with Crippen LogP contribution in [0.5, 0.6) is 0 Å². The van der Waals surface area contributed by atoms with Crippen molar-refractivity contribution in [3.63, 3.8) is 0 Å². The van der Waals surface area contributed by atoms with Gasteiger partial charge in [-0.1, -0.05) is 19.3 Å². The second kappa shape index (κ2) is 5.48. The van der Waals surface area contributed by atoms with E-state index in [9.17, 15) is 0 Å². The fourth-order valence-corrected chi connectivity index (χ4v) is 3.21.